The summed E-state index contributed by atoms with van der Waals surface area (Å²) in [6, 6.07) is 0. The van der Waals surface area contributed by atoms with Gasteiger partial charge in [-0.3, -0.25) is 4.90 Å². The lowest BCUT2D eigenvalue weighted by molar-refractivity contribution is -0.0578. The molecular formula is C10H18FNO3. The van der Waals surface area contributed by atoms with E-state index in [0.717, 1.165) is 4.90 Å². The minimum Gasteiger partial charge on any atom is -0.444 e. The summed E-state index contributed by atoms with van der Waals surface area (Å²) in [4.78, 5) is 12.6. The first-order chi connectivity index (χ1) is 6.78. The van der Waals surface area contributed by atoms with Crippen LogP contribution >= 0.6 is 0 Å². The van der Waals surface area contributed by atoms with Crippen LogP contribution in [0.4, 0.5) is 9.18 Å². The lowest BCUT2D eigenvalue weighted by atomic mass is 10.2. The largest absolute Gasteiger partial charge is 0.444 e. The average Bonchev–Trinajstić information content (AvgIpc) is 2.45. The number of halogens is 1. The average molecular weight is 219 g/mol. The Kier molecular flexibility index (Phi) is 3.23. The van der Waals surface area contributed by atoms with Gasteiger partial charge in [-0.05, 0) is 27.2 Å². The summed E-state index contributed by atoms with van der Waals surface area (Å²) in [7, 11) is 0. The molecule has 0 spiro atoms. The topological polar surface area (TPSA) is 49.8 Å². The molecule has 15 heavy (non-hydrogen) atoms. The van der Waals surface area contributed by atoms with Crippen LogP contribution in [0.1, 0.15) is 33.6 Å². The zero-order chi connectivity index (χ0) is 11.7. The minimum atomic E-state index is -1.94. The Hall–Kier alpha value is -0.840. The molecule has 1 atom stereocenters. The predicted molar refractivity (Wildman–Crippen MR) is 53.1 cm³/mol. The number of ether oxygens (including phenoxy) is 1. The fourth-order valence-electron chi connectivity index (χ4n) is 1.58. The Bertz CT molecular complexity index is 252. The number of nitrogens with zero attached hydrogens (tertiary/aromatic N) is 1. The standard InChI is InChI=1S/C10H18FNO3/c1-9(2,3)15-8(14)12-6-4-5-10(12,11)7-13/h13H,4-7H2,1-3H3. The van der Waals surface area contributed by atoms with Crippen LogP contribution in [0.2, 0.25) is 0 Å². The number of hydrogen-bond acceptors (Lipinski definition) is 3. The summed E-state index contributed by atoms with van der Waals surface area (Å²) in [6.07, 6.45) is 0.0236. The van der Waals surface area contributed by atoms with Crippen molar-refractivity contribution >= 4 is 6.09 Å². The summed E-state index contributed by atoms with van der Waals surface area (Å²) in [5, 5.41) is 8.92. The van der Waals surface area contributed by atoms with E-state index in [4.69, 9.17) is 9.84 Å². The lowest BCUT2D eigenvalue weighted by Gasteiger charge is -2.31. The van der Waals surface area contributed by atoms with Crippen LogP contribution < -0.4 is 0 Å². The van der Waals surface area contributed by atoms with Crippen molar-refractivity contribution < 1.29 is 19.0 Å². The maximum absolute atomic E-state index is 13.9. The van der Waals surface area contributed by atoms with Crippen molar-refractivity contribution in [3.63, 3.8) is 0 Å². The van der Waals surface area contributed by atoms with Gasteiger partial charge in [-0.1, -0.05) is 0 Å². The lowest BCUT2D eigenvalue weighted by Crippen LogP contribution is -2.48. The first kappa shape index (κ1) is 12.2. The molecular weight excluding hydrogens is 201 g/mol. The summed E-state index contributed by atoms with van der Waals surface area (Å²) in [5.41, 5.74) is -0.643. The van der Waals surface area contributed by atoms with Crippen molar-refractivity contribution in [2.75, 3.05) is 13.2 Å². The van der Waals surface area contributed by atoms with E-state index in [9.17, 15) is 9.18 Å². The first-order valence-electron chi connectivity index (χ1n) is 5.09. The molecule has 1 unspecified atom stereocenters. The quantitative estimate of drug-likeness (QED) is 0.682. The van der Waals surface area contributed by atoms with Gasteiger partial charge in [0.15, 0.2) is 0 Å². The van der Waals surface area contributed by atoms with Crippen molar-refractivity contribution in [2.24, 2.45) is 0 Å². The van der Waals surface area contributed by atoms with Gasteiger partial charge in [0.1, 0.15) is 5.60 Å². The zero-order valence-electron chi connectivity index (χ0n) is 9.42. The zero-order valence-corrected chi connectivity index (χ0v) is 9.42. The van der Waals surface area contributed by atoms with E-state index in [1.165, 1.54) is 0 Å². The van der Waals surface area contributed by atoms with Crippen LogP contribution in [-0.2, 0) is 4.74 Å². The fraction of sp³-hybridized carbons (Fsp3) is 0.900. The Balaban J connectivity index is 2.67. The number of aliphatic hydroxyl groups is 1. The van der Waals surface area contributed by atoms with E-state index in [0.29, 0.717) is 13.0 Å². The second-order valence-electron chi connectivity index (χ2n) is 4.81. The van der Waals surface area contributed by atoms with Crippen LogP contribution in [0.5, 0.6) is 0 Å². The van der Waals surface area contributed by atoms with Gasteiger partial charge in [-0.2, -0.15) is 0 Å². The molecule has 0 aliphatic carbocycles. The van der Waals surface area contributed by atoms with Crippen molar-refractivity contribution in [2.45, 2.75) is 45.0 Å². The Morgan fingerprint density at radius 3 is 2.67 bits per heavy atom. The third-order valence-corrected chi connectivity index (χ3v) is 2.28. The molecule has 0 aromatic carbocycles. The van der Waals surface area contributed by atoms with Gasteiger partial charge in [0.25, 0.3) is 0 Å². The Morgan fingerprint density at radius 1 is 1.60 bits per heavy atom. The number of alkyl halides is 1. The highest BCUT2D eigenvalue weighted by Crippen LogP contribution is 2.31. The van der Waals surface area contributed by atoms with E-state index in [1.54, 1.807) is 20.8 Å². The molecule has 1 aliphatic rings. The summed E-state index contributed by atoms with van der Waals surface area (Å²) in [5.74, 6) is -1.94. The van der Waals surface area contributed by atoms with Gasteiger partial charge < -0.3 is 9.84 Å². The highest BCUT2D eigenvalue weighted by Gasteiger charge is 2.45. The Labute approximate surface area is 89.0 Å². The monoisotopic (exact) mass is 219 g/mol. The predicted octanol–water partition coefficient (Wildman–Crippen LogP) is 1.68. The molecule has 88 valence electrons. The molecule has 1 amide bonds. The molecule has 1 N–H and O–H groups in total. The van der Waals surface area contributed by atoms with E-state index < -0.39 is 24.1 Å². The molecule has 0 aromatic rings. The second-order valence-corrected chi connectivity index (χ2v) is 4.81. The number of aliphatic hydroxyl groups excluding tert-OH is 1. The summed E-state index contributed by atoms with van der Waals surface area (Å²) < 4.78 is 19.0. The molecule has 1 heterocycles. The summed E-state index contributed by atoms with van der Waals surface area (Å²) in [6.45, 7) is 4.79. The van der Waals surface area contributed by atoms with Crippen molar-refractivity contribution in [1.82, 2.24) is 4.90 Å². The number of amides is 1. The molecule has 1 fully saturated rings. The summed E-state index contributed by atoms with van der Waals surface area (Å²) >= 11 is 0. The fourth-order valence-corrected chi connectivity index (χ4v) is 1.58. The molecule has 4 nitrogen and oxygen atoms in total. The van der Waals surface area contributed by atoms with Crippen molar-refractivity contribution in [3.8, 4) is 0 Å². The normalized spacial score (nSPS) is 26.9. The van der Waals surface area contributed by atoms with Crippen LogP contribution in [-0.4, -0.2) is 40.6 Å². The number of rotatable bonds is 1. The van der Waals surface area contributed by atoms with Crippen LogP contribution in [0, 0.1) is 0 Å². The minimum absolute atomic E-state index is 0.169. The third-order valence-electron chi connectivity index (χ3n) is 2.28. The molecule has 1 aliphatic heterocycles. The number of carbonyl (C=O) groups is 1. The van der Waals surface area contributed by atoms with Gasteiger partial charge in [0, 0.05) is 13.0 Å². The molecule has 0 saturated carbocycles. The SMILES string of the molecule is CC(C)(C)OC(=O)N1CCCC1(F)CO. The second kappa shape index (κ2) is 3.96. The van der Waals surface area contributed by atoms with Crippen LogP contribution in [0.3, 0.4) is 0 Å². The molecule has 1 saturated heterocycles. The van der Waals surface area contributed by atoms with Gasteiger partial charge >= 0.3 is 6.09 Å². The number of carbonyl (C=O) groups excluding carboxylic acids is 1. The first-order valence-corrected chi connectivity index (χ1v) is 5.09. The van der Waals surface area contributed by atoms with Crippen LogP contribution in [0.25, 0.3) is 0 Å². The number of likely N-dealkylation sites (tertiary alicyclic amines) is 1. The molecule has 0 radical (unpaired) electrons. The molecule has 1 rings (SSSR count). The van der Waals surface area contributed by atoms with Crippen LogP contribution in [0.15, 0.2) is 0 Å². The molecule has 5 heteroatoms. The number of hydrogen-bond donors (Lipinski definition) is 1. The van der Waals surface area contributed by atoms with Crippen molar-refractivity contribution in [3.05, 3.63) is 0 Å². The maximum Gasteiger partial charge on any atom is 0.412 e. The Morgan fingerprint density at radius 2 is 2.20 bits per heavy atom. The highest BCUT2D eigenvalue weighted by molar-refractivity contribution is 5.69. The highest BCUT2D eigenvalue weighted by atomic mass is 19.1. The van der Waals surface area contributed by atoms with Crippen molar-refractivity contribution in [1.29, 1.82) is 0 Å². The molecule has 0 aromatic heterocycles. The van der Waals surface area contributed by atoms with Gasteiger partial charge in [0.05, 0.1) is 6.61 Å². The maximum atomic E-state index is 13.9. The van der Waals surface area contributed by atoms with E-state index in [1.807, 2.05) is 0 Å². The van der Waals surface area contributed by atoms with Gasteiger partial charge in [-0.15, -0.1) is 0 Å². The smallest absolute Gasteiger partial charge is 0.412 e. The van der Waals surface area contributed by atoms with Gasteiger partial charge in [0.2, 0.25) is 5.79 Å². The molecule has 0 bridgehead atoms. The van der Waals surface area contributed by atoms with E-state index >= 15 is 0 Å². The van der Waals surface area contributed by atoms with E-state index in [2.05, 4.69) is 0 Å². The van der Waals surface area contributed by atoms with E-state index in [-0.39, 0.29) is 6.42 Å². The van der Waals surface area contributed by atoms with Gasteiger partial charge in [-0.25, -0.2) is 9.18 Å². The third kappa shape index (κ3) is 2.81.